The van der Waals surface area contributed by atoms with Gasteiger partial charge in [0.15, 0.2) is 11.5 Å². The van der Waals surface area contributed by atoms with Crippen LogP contribution in [0.4, 0.5) is 5.82 Å². The van der Waals surface area contributed by atoms with E-state index in [-0.39, 0.29) is 11.6 Å². The molecule has 1 aliphatic rings. The molecule has 1 fully saturated rings. The van der Waals surface area contributed by atoms with Crippen LogP contribution in [-0.2, 0) is 16.0 Å². The SMILES string of the molecule is CCCOCCn1c(=O)c(NCCN2CCOCC2)nc2ccc(-c3cnc(OC)nc3)nc21. The Morgan fingerprint density at radius 2 is 1.88 bits per heavy atom. The van der Waals surface area contributed by atoms with Gasteiger partial charge in [-0.15, -0.1) is 0 Å². The third-order valence-corrected chi connectivity index (χ3v) is 5.53. The largest absolute Gasteiger partial charge is 0.467 e. The van der Waals surface area contributed by atoms with E-state index in [1.165, 1.54) is 7.11 Å². The van der Waals surface area contributed by atoms with Crippen LogP contribution in [0.25, 0.3) is 22.4 Å². The Balaban J connectivity index is 1.61. The molecule has 0 amide bonds. The summed E-state index contributed by atoms with van der Waals surface area (Å²) in [5, 5.41) is 3.22. The Hall–Kier alpha value is -3.15. The Labute approximate surface area is 198 Å². The molecule has 4 rings (SSSR count). The van der Waals surface area contributed by atoms with Gasteiger partial charge in [0.2, 0.25) is 0 Å². The monoisotopic (exact) mass is 469 g/mol. The summed E-state index contributed by atoms with van der Waals surface area (Å²) in [5.74, 6) is 0.318. The van der Waals surface area contributed by atoms with Crippen LogP contribution in [0.5, 0.6) is 6.01 Å². The van der Waals surface area contributed by atoms with Crippen molar-refractivity contribution in [2.45, 2.75) is 19.9 Å². The summed E-state index contributed by atoms with van der Waals surface area (Å²) in [6, 6.07) is 3.99. The smallest absolute Gasteiger partial charge is 0.316 e. The average Bonchev–Trinajstić information content (AvgIpc) is 2.88. The van der Waals surface area contributed by atoms with Crippen LogP contribution >= 0.6 is 0 Å². The third kappa shape index (κ3) is 5.85. The van der Waals surface area contributed by atoms with Crippen molar-refractivity contribution in [2.24, 2.45) is 0 Å². The van der Waals surface area contributed by atoms with Gasteiger partial charge in [0.25, 0.3) is 5.56 Å². The van der Waals surface area contributed by atoms with Gasteiger partial charge in [-0.1, -0.05) is 6.92 Å². The molecule has 1 saturated heterocycles. The summed E-state index contributed by atoms with van der Waals surface area (Å²) in [7, 11) is 1.51. The molecule has 0 aliphatic carbocycles. The van der Waals surface area contributed by atoms with Crippen molar-refractivity contribution >= 4 is 17.0 Å². The van der Waals surface area contributed by atoms with E-state index >= 15 is 0 Å². The molecule has 34 heavy (non-hydrogen) atoms. The van der Waals surface area contributed by atoms with Crippen LogP contribution in [0.1, 0.15) is 13.3 Å². The van der Waals surface area contributed by atoms with Crippen LogP contribution in [-0.4, -0.2) is 89.1 Å². The highest BCUT2D eigenvalue weighted by atomic mass is 16.5. The molecular weight excluding hydrogens is 438 g/mol. The van der Waals surface area contributed by atoms with Crippen molar-refractivity contribution < 1.29 is 14.2 Å². The van der Waals surface area contributed by atoms with Gasteiger partial charge in [0, 0.05) is 50.7 Å². The first-order valence-corrected chi connectivity index (χ1v) is 11.6. The van der Waals surface area contributed by atoms with Crippen molar-refractivity contribution in [2.75, 3.05) is 65.0 Å². The minimum atomic E-state index is -0.217. The summed E-state index contributed by atoms with van der Waals surface area (Å²) >= 11 is 0. The molecule has 3 aromatic rings. The lowest BCUT2D eigenvalue weighted by molar-refractivity contribution is 0.0398. The summed E-state index contributed by atoms with van der Waals surface area (Å²) in [5.41, 5.74) is 2.27. The van der Waals surface area contributed by atoms with Crippen molar-refractivity contribution in [3.05, 3.63) is 34.9 Å². The highest BCUT2D eigenvalue weighted by Crippen LogP contribution is 2.20. The summed E-state index contributed by atoms with van der Waals surface area (Å²) in [6.45, 7) is 8.20. The quantitative estimate of drug-likeness (QED) is 0.413. The number of rotatable bonds is 11. The maximum atomic E-state index is 13.3. The number of morpholine rings is 1. The Kier molecular flexibility index (Phi) is 8.34. The molecule has 0 radical (unpaired) electrons. The van der Waals surface area contributed by atoms with Gasteiger partial charge >= 0.3 is 6.01 Å². The second kappa shape index (κ2) is 11.8. The van der Waals surface area contributed by atoms with Gasteiger partial charge in [0.1, 0.15) is 5.52 Å². The molecule has 0 atom stereocenters. The molecule has 11 heteroatoms. The number of ether oxygens (including phenoxy) is 3. The van der Waals surface area contributed by atoms with Gasteiger partial charge in [-0.2, -0.15) is 0 Å². The summed E-state index contributed by atoms with van der Waals surface area (Å²) < 4.78 is 17.7. The molecule has 1 N–H and O–H groups in total. The first-order chi connectivity index (χ1) is 16.7. The van der Waals surface area contributed by atoms with Crippen LogP contribution in [0.2, 0.25) is 0 Å². The third-order valence-electron chi connectivity index (χ3n) is 5.53. The van der Waals surface area contributed by atoms with E-state index in [2.05, 4.69) is 32.1 Å². The molecule has 182 valence electrons. The topological polar surface area (TPSA) is 117 Å². The normalized spacial score (nSPS) is 14.4. The van der Waals surface area contributed by atoms with E-state index in [0.29, 0.717) is 49.0 Å². The predicted molar refractivity (Wildman–Crippen MR) is 128 cm³/mol. The van der Waals surface area contributed by atoms with E-state index in [1.54, 1.807) is 17.0 Å². The number of pyridine rings is 1. The minimum Gasteiger partial charge on any atom is -0.467 e. The van der Waals surface area contributed by atoms with E-state index in [0.717, 1.165) is 44.8 Å². The van der Waals surface area contributed by atoms with Crippen molar-refractivity contribution in [1.82, 2.24) is 29.4 Å². The lowest BCUT2D eigenvalue weighted by atomic mass is 10.2. The van der Waals surface area contributed by atoms with Gasteiger partial charge in [-0.25, -0.2) is 19.9 Å². The molecular formula is C23H31N7O4. The Morgan fingerprint density at radius 1 is 1.09 bits per heavy atom. The fourth-order valence-corrected chi connectivity index (χ4v) is 3.72. The van der Waals surface area contributed by atoms with Gasteiger partial charge < -0.3 is 19.5 Å². The second-order valence-corrected chi connectivity index (χ2v) is 7.91. The number of hydrogen-bond donors (Lipinski definition) is 1. The van der Waals surface area contributed by atoms with Crippen LogP contribution in [0.15, 0.2) is 29.3 Å². The Bertz CT molecular complexity index is 1130. The predicted octanol–water partition coefficient (Wildman–Crippen LogP) is 1.43. The summed E-state index contributed by atoms with van der Waals surface area (Å²) in [6.07, 6.45) is 4.20. The van der Waals surface area contributed by atoms with E-state index in [1.807, 2.05) is 12.1 Å². The fourth-order valence-electron chi connectivity index (χ4n) is 3.72. The number of methoxy groups -OCH3 is 1. The van der Waals surface area contributed by atoms with E-state index in [9.17, 15) is 4.79 Å². The van der Waals surface area contributed by atoms with Crippen molar-refractivity contribution in [3.8, 4) is 17.3 Å². The van der Waals surface area contributed by atoms with Crippen LogP contribution in [0.3, 0.4) is 0 Å². The zero-order valence-corrected chi connectivity index (χ0v) is 19.7. The maximum Gasteiger partial charge on any atom is 0.316 e. The zero-order valence-electron chi connectivity index (χ0n) is 19.7. The van der Waals surface area contributed by atoms with Crippen LogP contribution in [0, 0.1) is 0 Å². The molecule has 3 aromatic heterocycles. The highest BCUT2D eigenvalue weighted by Gasteiger charge is 2.15. The number of nitrogens with one attached hydrogen (secondary N) is 1. The second-order valence-electron chi connectivity index (χ2n) is 7.91. The number of fused-ring (bicyclic) bond motifs is 1. The number of aromatic nitrogens is 5. The standard InChI is InChI=1S/C23H31N7O4/c1-3-11-33-14-10-30-21-19(5-4-18(28-21)17-15-25-23(32-2)26-16-17)27-20(22(30)31)24-6-7-29-8-12-34-13-9-29/h4-5,15-16H,3,6-14H2,1-2H3,(H,24,27). The molecule has 0 spiro atoms. The summed E-state index contributed by atoms with van der Waals surface area (Å²) in [4.78, 5) is 33.2. The van der Waals surface area contributed by atoms with E-state index < -0.39 is 0 Å². The molecule has 0 unspecified atom stereocenters. The number of hydrogen-bond acceptors (Lipinski definition) is 10. The highest BCUT2D eigenvalue weighted by molar-refractivity contribution is 5.76. The first-order valence-electron chi connectivity index (χ1n) is 11.6. The fraction of sp³-hybridized carbons (Fsp3) is 0.522. The van der Waals surface area contributed by atoms with Gasteiger partial charge in [0.05, 0.1) is 39.2 Å². The van der Waals surface area contributed by atoms with Crippen LogP contribution < -0.4 is 15.6 Å². The molecule has 0 saturated carbocycles. The zero-order chi connectivity index (χ0) is 23.8. The van der Waals surface area contributed by atoms with Crippen molar-refractivity contribution in [1.29, 1.82) is 0 Å². The van der Waals surface area contributed by atoms with Gasteiger partial charge in [-0.05, 0) is 18.6 Å². The number of nitrogens with zero attached hydrogens (tertiary/aromatic N) is 6. The Morgan fingerprint density at radius 3 is 2.62 bits per heavy atom. The van der Waals surface area contributed by atoms with Gasteiger partial charge in [-0.3, -0.25) is 14.3 Å². The van der Waals surface area contributed by atoms with Crippen molar-refractivity contribution in [3.63, 3.8) is 0 Å². The lowest BCUT2D eigenvalue weighted by Gasteiger charge is -2.26. The molecule has 0 bridgehead atoms. The molecule has 0 aromatic carbocycles. The molecule has 1 aliphatic heterocycles. The average molecular weight is 470 g/mol. The van der Waals surface area contributed by atoms with E-state index in [4.69, 9.17) is 19.2 Å². The molecule has 4 heterocycles. The first kappa shape index (κ1) is 24.0. The lowest BCUT2D eigenvalue weighted by Crippen LogP contribution is -2.39. The number of anilines is 1. The maximum absolute atomic E-state index is 13.3. The molecule has 11 nitrogen and oxygen atoms in total. The minimum absolute atomic E-state index is 0.217.